The minimum absolute atomic E-state index is 0.0905. The molecule has 4 aromatic rings. The molecule has 0 saturated carbocycles. The lowest BCUT2D eigenvalue weighted by Crippen LogP contribution is -2.30. The van der Waals surface area contributed by atoms with Gasteiger partial charge in [-0.1, -0.05) is 12.1 Å². The molecule has 2 N–H and O–H groups in total. The number of hydrogen-bond donors (Lipinski definition) is 2. The summed E-state index contributed by atoms with van der Waals surface area (Å²) < 4.78 is 20.7. The number of anilines is 1. The average molecular weight is 392 g/mol. The number of nitrogens with one attached hydrogen (secondary N) is 2. The molecule has 1 unspecified atom stereocenters. The molecule has 8 nitrogen and oxygen atoms in total. The number of carbonyl (C=O) groups is 1. The van der Waals surface area contributed by atoms with Gasteiger partial charge in [-0.05, 0) is 36.8 Å². The van der Waals surface area contributed by atoms with Crippen molar-refractivity contribution in [2.24, 2.45) is 0 Å². The van der Waals surface area contributed by atoms with Crippen molar-refractivity contribution in [3.63, 3.8) is 0 Å². The fourth-order valence-corrected chi connectivity index (χ4v) is 3.45. The zero-order chi connectivity index (χ0) is 20.0. The molecule has 0 spiro atoms. The van der Waals surface area contributed by atoms with Crippen molar-refractivity contribution in [1.82, 2.24) is 24.9 Å². The molecule has 9 heteroatoms. The largest absolute Gasteiger partial charge is 0.497 e. The van der Waals surface area contributed by atoms with E-state index in [0.29, 0.717) is 47.0 Å². The molecule has 1 saturated heterocycles. The summed E-state index contributed by atoms with van der Waals surface area (Å²) in [5.41, 5.74) is 1.76. The lowest BCUT2D eigenvalue weighted by atomic mass is 10.2. The first kappa shape index (κ1) is 17.4. The monoisotopic (exact) mass is 392 g/mol. The van der Waals surface area contributed by atoms with Crippen LogP contribution in [0.4, 0.5) is 10.3 Å². The van der Waals surface area contributed by atoms with E-state index in [9.17, 15) is 9.18 Å². The highest BCUT2D eigenvalue weighted by Gasteiger charge is 2.26. The molecule has 29 heavy (non-hydrogen) atoms. The molecule has 1 fully saturated rings. The van der Waals surface area contributed by atoms with Crippen LogP contribution in [0.25, 0.3) is 27.9 Å². The number of fused-ring (bicyclic) bond motifs is 3. The maximum Gasteiger partial charge on any atom is 0.242 e. The summed E-state index contributed by atoms with van der Waals surface area (Å²) in [4.78, 5) is 21.2. The van der Waals surface area contributed by atoms with Gasteiger partial charge in [-0.15, -0.1) is 5.10 Å². The van der Waals surface area contributed by atoms with Gasteiger partial charge in [-0.2, -0.15) is 4.52 Å². The van der Waals surface area contributed by atoms with Crippen LogP contribution in [-0.4, -0.2) is 45.2 Å². The third kappa shape index (κ3) is 3.00. The predicted octanol–water partition coefficient (Wildman–Crippen LogP) is 2.39. The first-order valence-electron chi connectivity index (χ1n) is 9.17. The van der Waals surface area contributed by atoms with Crippen LogP contribution in [0.5, 0.6) is 5.75 Å². The Morgan fingerprint density at radius 3 is 2.93 bits per heavy atom. The van der Waals surface area contributed by atoms with Crippen LogP contribution in [0, 0.1) is 5.82 Å². The van der Waals surface area contributed by atoms with Gasteiger partial charge in [0.2, 0.25) is 11.9 Å². The lowest BCUT2D eigenvalue weighted by molar-refractivity contribution is -0.119. The SMILES string of the molecule is COc1cccc(-c2nc3c4cc(F)ccc4nc(NC4CCNC4=O)n3n2)c1. The quantitative estimate of drug-likeness (QED) is 0.554. The number of amides is 1. The second-order valence-electron chi connectivity index (χ2n) is 6.78. The molecule has 3 heterocycles. The summed E-state index contributed by atoms with van der Waals surface area (Å²) in [6, 6.07) is 11.3. The normalized spacial score (nSPS) is 16.3. The van der Waals surface area contributed by atoms with Crippen molar-refractivity contribution < 1.29 is 13.9 Å². The molecule has 1 atom stereocenters. The van der Waals surface area contributed by atoms with E-state index in [4.69, 9.17) is 4.74 Å². The summed E-state index contributed by atoms with van der Waals surface area (Å²) in [5.74, 6) is 1.02. The number of aromatic nitrogens is 4. The van der Waals surface area contributed by atoms with Gasteiger partial charge < -0.3 is 15.4 Å². The molecular weight excluding hydrogens is 375 g/mol. The van der Waals surface area contributed by atoms with Crippen molar-refractivity contribution in [2.75, 3.05) is 19.0 Å². The number of ether oxygens (including phenoxy) is 1. The summed E-state index contributed by atoms with van der Waals surface area (Å²) in [7, 11) is 1.59. The molecule has 1 aliphatic heterocycles. The summed E-state index contributed by atoms with van der Waals surface area (Å²) >= 11 is 0. The maximum absolute atomic E-state index is 13.9. The van der Waals surface area contributed by atoms with Crippen LogP contribution in [0.15, 0.2) is 42.5 Å². The van der Waals surface area contributed by atoms with Crippen molar-refractivity contribution in [2.45, 2.75) is 12.5 Å². The molecule has 0 radical (unpaired) electrons. The fraction of sp³-hybridized carbons (Fsp3) is 0.200. The van der Waals surface area contributed by atoms with Crippen LogP contribution in [0.3, 0.4) is 0 Å². The molecule has 2 aromatic carbocycles. The van der Waals surface area contributed by atoms with Crippen molar-refractivity contribution in [1.29, 1.82) is 0 Å². The van der Waals surface area contributed by atoms with Crippen molar-refractivity contribution >= 4 is 28.4 Å². The number of hydrogen-bond acceptors (Lipinski definition) is 6. The molecule has 0 bridgehead atoms. The van der Waals surface area contributed by atoms with Gasteiger partial charge in [-0.25, -0.2) is 14.4 Å². The zero-order valence-corrected chi connectivity index (χ0v) is 15.5. The maximum atomic E-state index is 13.9. The van der Waals surface area contributed by atoms with E-state index in [1.807, 2.05) is 24.3 Å². The molecule has 0 aliphatic carbocycles. The molecule has 1 amide bonds. The highest BCUT2D eigenvalue weighted by molar-refractivity contribution is 5.93. The van der Waals surface area contributed by atoms with E-state index in [1.165, 1.54) is 16.6 Å². The minimum atomic E-state index is -0.409. The first-order chi connectivity index (χ1) is 14.1. The number of benzene rings is 2. The molecular formula is C20H17FN6O2. The number of nitrogens with zero attached hydrogens (tertiary/aromatic N) is 4. The Bertz CT molecular complexity index is 1250. The van der Waals surface area contributed by atoms with Gasteiger partial charge in [0, 0.05) is 17.5 Å². The first-order valence-corrected chi connectivity index (χ1v) is 9.17. The fourth-order valence-electron chi connectivity index (χ4n) is 3.45. The Kier molecular flexibility index (Phi) is 4.01. The van der Waals surface area contributed by atoms with Crippen LogP contribution in [-0.2, 0) is 4.79 Å². The average Bonchev–Trinajstić information content (AvgIpc) is 3.36. The van der Waals surface area contributed by atoms with Crippen LogP contribution >= 0.6 is 0 Å². The highest BCUT2D eigenvalue weighted by Crippen LogP contribution is 2.27. The summed E-state index contributed by atoms with van der Waals surface area (Å²) in [5, 5.41) is 11.0. The number of halogens is 1. The Morgan fingerprint density at radius 1 is 1.24 bits per heavy atom. The Hall–Kier alpha value is -3.75. The number of rotatable bonds is 4. The third-order valence-electron chi connectivity index (χ3n) is 4.91. The van der Waals surface area contributed by atoms with Gasteiger partial charge in [0.25, 0.3) is 0 Å². The molecule has 146 valence electrons. The van der Waals surface area contributed by atoms with Gasteiger partial charge >= 0.3 is 0 Å². The van der Waals surface area contributed by atoms with Crippen LogP contribution in [0.2, 0.25) is 0 Å². The summed E-state index contributed by atoms with van der Waals surface area (Å²) in [6.07, 6.45) is 0.640. The number of carbonyl (C=O) groups excluding carboxylic acids is 1. The lowest BCUT2D eigenvalue weighted by Gasteiger charge is -2.12. The molecule has 2 aromatic heterocycles. The summed E-state index contributed by atoms with van der Waals surface area (Å²) in [6.45, 7) is 0.602. The van der Waals surface area contributed by atoms with Gasteiger partial charge in [-0.3, -0.25) is 4.79 Å². The highest BCUT2D eigenvalue weighted by atomic mass is 19.1. The molecule has 5 rings (SSSR count). The van der Waals surface area contributed by atoms with E-state index < -0.39 is 6.04 Å². The van der Waals surface area contributed by atoms with Crippen LogP contribution < -0.4 is 15.4 Å². The van der Waals surface area contributed by atoms with Gasteiger partial charge in [0.05, 0.1) is 12.6 Å². The smallest absolute Gasteiger partial charge is 0.242 e. The van der Waals surface area contributed by atoms with Gasteiger partial charge in [0.1, 0.15) is 17.6 Å². The standard InChI is InChI=1S/C20H17FN6O2/c1-29-13-4-2-3-11(9-13)17-25-18-14-10-12(21)5-6-15(14)23-20(27(18)26-17)24-16-7-8-22-19(16)28/h2-6,9-10,16H,7-8H2,1H3,(H,22,28)(H,23,24). The second kappa shape index (κ2) is 6.69. The van der Waals surface area contributed by atoms with E-state index in [1.54, 1.807) is 13.2 Å². The minimum Gasteiger partial charge on any atom is -0.497 e. The number of methoxy groups -OCH3 is 1. The van der Waals surface area contributed by atoms with Crippen LogP contribution in [0.1, 0.15) is 6.42 Å². The van der Waals surface area contributed by atoms with E-state index in [-0.39, 0.29) is 11.7 Å². The van der Waals surface area contributed by atoms with Crippen molar-refractivity contribution in [3.8, 4) is 17.1 Å². The third-order valence-corrected chi connectivity index (χ3v) is 4.91. The van der Waals surface area contributed by atoms with E-state index >= 15 is 0 Å². The zero-order valence-electron chi connectivity index (χ0n) is 15.5. The molecule has 1 aliphatic rings. The topological polar surface area (TPSA) is 93.4 Å². The van der Waals surface area contributed by atoms with E-state index in [0.717, 1.165) is 5.56 Å². The Balaban J connectivity index is 1.71. The van der Waals surface area contributed by atoms with E-state index in [2.05, 4.69) is 25.7 Å². The predicted molar refractivity (Wildman–Crippen MR) is 105 cm³/mol. The second-order valence-corrected chi connectivity index (χ2v) is 6.78. The Labute approximate surface area is 164 Å². The van der Waals surface area contributed by atoms with Crippen molar-refractivity contribution in [3.05, 3.63) is 48.3 Å². The van der Waals surface area contributed by atoms with Gasteiger partial charge in [0.15, 0.2) is 11.5 Å². The Morgan fingerprint density at radius 2 is 2.14 bits per heavy atom.